The van der Waals surface area contributed by atoms with E-state index in [1.54, 1.807) is 18.3 Å². The van der Waals surface area contributed by atoms with E-state index in [2.05, 4.69) is 21.2 Å². The molecule has 0 bridgehead atoms. The number of rotatable bonds is 4. The average Bonchev–Trinajstić information content (AvgIpc) is 2.72. The Kier molecular flexibility index (Phi) is 5.79. The molecule has 3 aromatic rings. The van der Waals surface area contributed by atoms with Crippen molar-refractivity contribution in [3.05, 3.63) is 101 Å². The zero-order chi connectivity index (χ0) is 19.1. The maximum absolute atomic E-state index is 12.3. The van der Waals surface area contributed by atoms with Crippen molar-refractivity contribution in [2.24, 2.45) is 0 Å². The van der Waals surface area contributed by atoms with Crippen molar-refractivity contribution in [1.29, 1.82) is 0 Å². The third-order valence-electron chi connectivity index (χ3n) is 4.00. The van der Waals surface area contributed by atoms with E-state index in [9.17, 15) is 9.59 Å². The second-order valence-electron chi connectivity index (χ2n) is 6.02. The van der Waals surface area contributed by atoms with Crippen LogP contribution in [0.15, 0.2) is 79.0 Å². The molecule has 0 unspecified atom stereocenters. The van der Waals surface area contributed by atoms with Gasteiger partial charge >= 0.3 is 6.03 Å². The summed E-state index contributed by atoms with van der Waals surface area (Å²) < 4.78 is 0. The standard InChI is InChI=1S/C21H20N4O2/c1-15-10-12-17(13-11-15)20(26)24-25-21(27)23-19(16-7-3-2-4-8-16)18-9-5-6-14-22-18/h2-14,19H,1H3,(H,24,26)(H2,23,25,27)/t19-/m1/s1. The van der Waals surface area contributed by atoms with E-state index in [-0.39, 0.29) is 5.91 Å². The summed E-state index contributed by atoms with van der Waals surface area (Å²) in [7, 11) is 0. The first-order valence-corrected chi connectivity index (χ1v) is 8.53. The molecule has 3 rings (SSSR count). The van der Waals surface area contributed by atoms with Crippen LogP contribution < -0.4 is 16.2 Å². The maximum Gasteiger partial charge on any atom is 0.334 e. The third kappa shape index (κ3) is 4.92. The quantitative estimate of drug-likeness (QED) is 0.625. The summed E-state index contributed by atoms with van der Waals surface area (Å²) in [6.07, 6.45) is 1.67. The van der Waals surface area contributed by atoms with Crippen molar-refractivity contribution in [3.8, 4) is 0 Å². The molecule has 0 saturated carbocycles. The highest BCUT2D eigenvalue weighted by Crippen LogP contribution is 2.19. The Bertz CT molecular complexity index is 857. The van der Waals surface area contributed by atoms with Crippen LogP contribution in [0.4, 0.5) is 4.79 Å². The van der Waals surface area contributed by atoms with Crippen molar-refractivity contribution in [1.82, 2.24) is 21.2 Å². The number of carbonyl (C=O) groups is 2. The summed E-state index contributed by atoms with van der Waals surface area (Å²) in [6, 6.07) is 21.1. The fourth-order valence-electron chi connectivity index (χ4n) is 2.58. The lowest BCUT2D eigenvalue weighted by Gasteiger charge is -2.19. The summed E-state index contributed by atoms with van der Waals surface area (Å²) >= 11 is 0. The molecular formula is C21H20N4O2. The van der Waals surface area contributed by atoms with Gasteiger partial charge < -0.3 is 5.32 Å². The lowest BCUT2D eigenvalue weighted by Crippen LogP contribution is -2.48. The molecule has 1 atom stereocenters. The van der Waals surface area contributed by atoms with Crippen LogP contribution in [-0.2, 0) is 0 Å². The first-order valence-electron chi connectivity index (χ1n) is 8.53. The molecule has 2 aromatic carbocycles. The molecule has 0 spiro atoms. The molecule has 1 aromatic heterocycles. The Morgan fingerprint density at radius 2 is 1.56 bits per heavy atom. The summed E-state index contributed by atoms with van der Waals surface area (Å²) in [6.45, 7) is 1.94. The monoisotopic (exact) mass is 360 g/mol. The second-order valence-corrected chi connectivity index (χ2v) is 6.02. The largest absolute Gasteiger partial charge is 0.334 e. The number of nitrogens with one attached hydrogen (secondary N) is 3. The van der Waals surface area contributed by atoms with Crippen LogP contribution in [0.5, 0.6) is 0 Å². The van der Waals surface area contributed by atoms with Gasteiger partial charge in [0.25, 0.3) is 5.91 Å². The molecule has 136 valence electrons. The zero-order valence-corrected chi connectivity index (χ0v) is 14.8. The molecule has 0 aliphatic heterocycles. The van der Waals surface area contributed by atoms with Gasteiger partial charge in [0.05, 0.1) is 11.7 Å². The van der Waals surface area contributed by atoms with Gasteiger partial charge in [-0.05, 0) is 36.8 Å². The number of hydrazine groups is 1. The minimum absolute atomic E-state index is 0.390. The van der Waals surface area contributed by atoms with Crippen LogP contribution in [0.3, 0.4) is 0 Å². The third-order valence-corrected chi connectivity index (χ3v) is 4.00. The minimum Gasteiger partial charge on any atom is -0.324 e. The van der Waals surface area contributed by atoms with Gasteiger partial charge in [-0.1, -0.05) is 54.1 Å². The SMILES string of the molecule is Cc1ccc(C(=O)NNC(=O)N[C@H](c2ccccc2)c2ccccn2)cc1. The smallest absolute Gasteiger partial charge is 0.324 e. The topological polar surface area (TPSA) is 83.1 Å². The molecule has 1 heterocycles. The van der Waals surface area contributed by atoms with Gasteiger partial charge in [-0.2, -0.15) is 0 Å². The van der Waals surface area contributed by atoms with E-state index >= 15 is 0 Å². The zero-order valence-electron chi connectivity index (χ0n) is 14.8. The van der Waals surface area contributed by atoms with Crippen molar-refractivity contribution in [2.75, 3.05) is 0 Å². The van der Waals surface area contributed by atoms with Crippen molar-refractivity contribution in [3.63, 3.8) is 0 Å². The van der Waals surface area contributed by atoms with Crippen LogP contribution >= 0.6 is 0 Å². The van der Waals surface area contributed by atoms with Gasteiger partial charge in [0.15, 0.2) is 0 Å². The number of benzene rings is 2. The van der Waals surface area contributed by atoms with Crippen LogP contribution in [0.1, 0.15) is 33.2 Å². The lowest BCUT2D eigenvalue weighted by molar-refractivity contribution is 0.0936. The van der Waals surface area contributed by atoms with Crippen LogP contribution in [0.25, 0.3) is 0 Å². The van der Waals surface area contributed by atoms with Gasteiger partial charge in [-0.25, -0.2) is 10.2 Å². The average molecular weight is 360 g/mol. The first-order chi connectivity index (χ1) is 13.1. The highest BCUT2D eigenvalue weighted by atomic mass is 16.2. The number of nitrogens with zero attached hydrogens (tertiary/aromatic N) is 1. The van der Waals surface area contributed by atoms with E-state index in [0.717, 1.165) is 11.1 Å². The van der Waals surface area contributed by atoms with Gasteiger partial charge in [0.2, 0.25) is 0 Å². The fraction of sp³-hybridized carbons (Fsp3) is 0.0952. The number of amides is 3. The summed E-state index contributed by atoms with van der Waals surface area (Å²) in [4.78, 5) is 28.8. The Morgan fingerprint density at radius 1 is 0.852 bits per heavy atom. The molecule has 0 aliphatic rings. The Hall–Kier alpha value is -3.67. The number of carbonyl (C=O) groups excluding carboxylic acids is 2. The van der Waals surface area contributed by atoms with Crippen LogP contribution in [0, 0.1) is 6.92 Å². The molecule has 0 aliphatic carbocycles. The molecule has 3 amide bonds. The molecule has 3 N–H and O–H groups in total. The normalized spacial score (nSPS) is 11.3. The highest BCUT2D eigenvalue weighted by Gasteiger charge is 2.18. The molecule has 6 nitrogen and oxygen atoms in total. The molecule has 27 heavy (non-hydrogen) atoms. The van der Waals surface area contributed by atoms with Crippen molar-refractivity contribution in [2.45, 2.75) is 13.0 Å². The first kappa shape index (κ1) is 18.1. The number of urea groups is 1. The summed E-state index contributed by atoms with van der Waals surface area (Å²) in [5, 5.41) is 2.84. The number of aromatic nitrogens is 1. The van der Waals surface area contributed by atoms with Gasteiger partial charge in [0.1, 0.15) is 0 Å². The minimum atomic E-state index is -0.532. The van der Waals surface area contributed by atoms with E-state index in [4.69, 9.17) is 0 Å². The molecule has 6 heteroatoms. The number of pyridine rings is 1. The van der Waals surface area contributed by atoms with Crippen molar-refractivity contribution >= 4 is 11.9 Å². The molecule has 0 fully saturated rings. The van der Waals surface area contributed by atoms with E-state index in [1.165, 1.54) is 0 Å². The van der Waals surface area contributed by atoms with Gasteiger partial charge in [-0.15, -0.1) is 0 Å². The van der Waals surface area contributed by atoms with Crippen molar-refractivity contribution < 1.29 is 9.59 Å². The Morgan fingerprint density at radius 3 is 2.22 bits per heavy atom. The molecular weight excluding hydrogens is 340 g/mol. The highest BCUT2D eigenvalue weighted by molar-refractivity contribution is 5.95. The Labute approximate surface area is 157 Å². The second kappa shape index (κ2) is 8.62. The van der Waals surface area contributed by atoms with E-state index < -0.39 is 12.1 Å². The van der Waals surface area contributed by atoms with E-state index in [0.29, 0.717) is 11.3 Å². The number of aryl methyl sites for hydroxylation is 1. The van der Waals surface area contributed by atoms with Gasteiger partial charge in [0, 0.05) is 11.8 Å². The summed E-state index contributed by atoms with van der Waals surface area (Å²) in [5.41, 5.74) is 7.89. The predicted molar refractivity (Wildman–Crippen MR) is 103 cm³/mol. The van der Waals surface area contributed by atoms with Gasteiger partial charge in [-0.3, -0.25) is 15.2 Å². The lowest BCUT2D eigenvalue weighted by atomic mass is 10.0. The molecule has 0 saturated heterocycles. The van der Waals surface area contributed by atoms with E-state index in [1.807, 2.05) is 67.6 Å². The summed E-state index contributed by atoms with van der Waals surface area (Å²) in [5.74, 6) is -0.390. The maximum atomic E-state index is 12.3. The van der Waals surface area contributed by atoms with Crippen LogP contribution in [-0.4, -0.2) is 16.9 Å². The number of hydrogen-bond donors (Lipinski definition) is 3. The number of hydrogen-bond acceptors (Lipinski definition) is 3. The fourth-order valence-corrected chi connectivity index (χ4v) is 2.58. The molecule has 0 radical (unpaired) electrons. The van der Waals surface area contributed by atoms with Crippen LogP contribution in [0.2, 0.25) is 0 Å². The Balaban J connectivity index is 1.66. The predicted octanol–water partition coefficient (Wildman–Crippen LogP) is 3.12.